The highest BCUT2D eigenvalue weighted by Crippen LogP contribution is 2.22. The van der Waals surface area contributed by atoms with Crippen molar-refractivity contribution >= 4 is 21.6 Å². The summed E-state index contributed by atoms with van der Waals surface area (Å²) in [4.78, 5) is 12.7. The smallest absolute Gasteiger partial charge is 0.264 e. The van der Waals surface area contributed by atoms with Crippen molar-refractivity contribution in [3.63, 3.8) is 0 Å². The highest BCUT2D eigenvalue weighted by molar-refractivity contribution is 7.92. The lowest BCUT2D eigenvalue weighted by atomic mass is 10.1. The average molecular weight is 423 g/mol. The Labute approximate surface area is 178 Å². The quantitative estimate of drug-likeness (QED) is 0.590. The number of anilines is 1. The van der Waals surface area contributed by atoms with Crippen LogP contribution < -0.4 is 9.62 Å². The van der Waals surface area contributed by atoms with E-state index in [9.17, 15) is 13.2 Å². The van der Waals surface area contributed by atoms with Crippen LogP contribution in [0.3, 0.4) is 0 Å². The normalized spacial score (nSPS) is 12.2. The van der Waals surface area contributed by atoms with Crippen molar-refractivity contribution in [3.8, 4) is 0 Å². The Morgan fingerprint density at radius 1 is 0.900 bits per heavy atom. The van der Waals surface area contributed by atoms with Gasteiger partial charge in [-0.05, 0) is 61.7 Å². The summed E-state index contributed by atoms with van der Waals surface area (Å²) in [5.41, 5.74) is 2.23. The highest BCUT2D eigenvalue weighted by Gasteiger charge is 2.21. The number of rotatable bonds is 8. The molecule has 1 atom stereocenters. The lowest BCUT2D eigenvalue weighted by Crippen LogP contribution is -2.33. The summed E-state index contributed by atoms with van der Waals surface area (Å²) in [5, 5.41) is 3.00. The molecule has 0 heterocycles. The van der Waals surface area contributed by atoms with E-state index in [4.69, 9.17) is 0 Å². The molecule has 6 heteroatoms. The van der Waals surface area contributed by atoms with E-state index >= 15 is 0 Å². The van der Waals surface area contributed by atoms with Crippen LogP contribution in [0.2, 0.25) is 0 Å². The molecule has 3 rings (SSSR count). The molecule has 3 aromatic rings. The van der Waals surface area contributed by atoms with Crippen molar-refractivity contribution in [2.45, 2.75) is 30.7 Å². The van der Waals surface area contributed by atoms with Crippen LogP contribution in [-0.4, -0.2) is 27.4 Å². The molecule has 0 radical (unpaired) electrons. The van der Waals surface area contributed by atoms with Gasteiger partial charge in [0.1, 0.15) is 0 Å². The van der Waals surface area contributed by atoms with Crippen LogP contribution in [0.5, 0.6) is 0 Å². The first kappa shape index (κ1) is 21.6. The zero-order valence-corrected chi connectivity index (χ0v) is 18.0. The van der Waals surface area contributed by atoms with Crippen LogP contribution >= 0.6 is 0 Å². The molecule has 1 amide bonds. The Morgan fingerprint density at radius 3 is 2.07 bits per heavy atom. The first-order valence-electron chi connectivity index (χ1n) is 9.87. The minimum Gasteiger partial charge on any atom is -0.350 e. The van der Waals surface area contributed by atoms with Crippen molar-refractivity contribution in [2.24, 2.45) is 0 Å². The molecule has 0 aliphatic heterocycles. The first-order chi connectivity index (χ1) is 14.4. The molecule has 0 aliphatic carbocycles. The number of amides is 1. The molecule has 0 bridgehead atoms. The van der Waals surface area contributed by atoms with Crippen LogP contribution in [0.4, 0.5) is 5.69 Å². The number of sulfonamides is 1. The molecular formula is C24H26N2O3S. The fourth-order valence-corrected chi connectivity index (χ4v) is 4.34. The Balaban J connectivity index is 1.61. The van der Waals surface area contributed by atoms with E-state index in [-0.39, 0.29) is 16.8 Å². The van der Waals surface area contributed by atoms with Crippen molar-refractivity contribution in [1.29, 1.82) is 0 Å². The number of benzene rings is 3. The number of carbonyl (C=O) groups excluding carboxylic acids is 1. The molecule has 156 valence electrons. The molecular weight excluding hydrogens is 396 g/mol. The van der Waals surface area contributed by atoms with E-state index in [1.165, 1.54) is 16.9 Å². The average Bonchev–Trinajstić information content (AvgIpc) is 2.78. The maximum atomic E-state index is 12.7. The Kier molecular flexibility index (Phi) is 6.90. The monoisotopic (exact) mass is 422 g/mol. The number of aryl methyl sites for hydroxylation is 1. The number of carbonyl (C=O) groups is 1. The van der Waals surface area contributed by atoms with Gasteiger partial charge >= 0.3 is 0 Å². The third-order valence-electron chi connectivity index (χ3n) is 4.98. The van der Waals surface area contributed by atoms with Crippen LogP contribution in [0.1, 0.15) is 29.3 Å². The van der Waals surface area contributed by atoms with Gasteiger partial charge in [0.15, 0.2) is 0 Å². The van der Waals surface area contributed by atoms with E-state index in [1.807, 2.05) is 25.1 Å². The molecule has 5 nitrogen and oxygen atoms in total. The van der Waals surface area contributed by atoms with E-state index in [0.29, 0.717) is 11.3 Å². The first-order valence-corrected chi connectivity index (χ1v) is 11.3. The Morgan fingerprint density at radius 2 is 1.47 bits per heavy atom. The SMILES string of the molecule is C[C@@H](CCc1ccccc1)NC(=O)c1ccc(N(C)S(=O)(=O)c2ccccc2)cc1. The third kappa shape index (κ3) is 5.27. The number of nitrogens with one attached hydrogen (secondary N) is 1. The van der Waals surface area contributed by atoms with Gasteiger partial charge in [0.2, 0.25) is 0 Å². The molecule has 0 aliphatic rings. The molecule has 30 heavy (non-hydrogen) atoms. The van der Waals surface area contributed by atoms with Crippen molar-refractivity contribution in [3.05, 3.63) is 96.1 Å². The van der Waals surface area contributed by atoms with Gasteiger partial charge in [-0.2, -0.15) is 0 Å². The molecule has 0 unspecified atom stereocenters. The Bertz CT molecular complexity index is 1070. The third-order valence-corrected chi connectivity index (χ3v) is 6.78. The molecule has 0 fully saturated rings. The maximum absolute atomic E-state index is 12.7. The Hall–Kier alpha value is -3.12. The standard InChI is InChI=1S/C24H26N2O3S/c1-19(13-14-20-9-5-3-6-10-20)25-24(27)21-15-17-22(18-16-21)26(2)30(28,29)23-11-7-4-8-12-23/h3-12,15-19H,13-14H2,1-2H3,(H,25,27)/t19-/m0/s1. The summed E-state index contributed by atoms with van der Waals surface area (Å²) in [6.45, 7) is 1.98. The summed E-state index contributed by atoms with van der Waals surface area (Å²) in [6, 6.07) is 25.0. The van der Waals surface area contributed by atoms with E-state index in [1.54, 1.807) is 54.6 Å². The number of hydrogen-bond acceptors (Lipinski definition) is 3. The summed E-state index contributed by atoms with van der Waals surface area (Å²) in [5.74, 6) is -0.171. The van der Waals surface area contributed by atoms with Gasteiger partial charge in [-0.15, -0.1) is 0 Å². The molecule has 0 saturated heterocycles. The van der Waals surface area contributed by atoms with E-state index < -0.39 is 10.0 Å². The minimum absolute atomic E-state index is 0.0264. The summed E-state index contributed by atoms with van der Waals surface area (Å²) >= 11 is 0. The van der Waals surface area contributed by atoms with Crippen LogP contribution in [0, 0.1) is 0 Å². The second-order valence-electron chi connectivity index (χ2n) is 7.23. The van der Waals surface area contributed by atoms with E-state index in [0.717, 1.165) is 12.8 Å². The van der Waals surface area contributed by atoms with Gasteiger partial charge in [0.25, 0.3) is 15.9 Å². The van der Waals surface area contributed by atoms with Crippen LogP contribution in [0.25, 0.3) is 0 Å². The number of nitrogens with zero attached hydrogens (tertiary/aromatic N) is 1. The van der Waals surface area contributed by atoms with Crippen LogP contribution in [-0.2, 0) is 16.4 Å². The van der Waals surface area contributed by atoms with Gasteiger partial charge < -0.3 is 5.32 Å². The summed E-state index contributed by atoms with van der Waals surface area (Å²) in [7, 11) is -2.14. The number of hydrogen-bond donors (Lipinski definition) is 1. The zero-order valence-electron chi connectivity index (χ0n) is 17.2. The highest BCUT2D eigenvalue weighted by atomic mass is 32.2. The minimum atomic E-state index is -3.65. The van der Waals surface area contributed by atoms with Gasteiger partial charge in [-0.1, -0.05) is 48.5 Å². The lowest BCUT2D eigenvalue weighted by molar-refractivity contribution is 0.0938. The fourth-order valence-electron chi connectivity index (χ4n) is 3.12. The van der Waals surface area contributed by atoms with Gasteiger partial charge in [0, 0.05) is 18.7 Å². The summed E-state index contributed by atoms with van der Waals surface area (Å²) < 4.78 is 26.7. The molecule has 0 spiro atoms. The predicted molar refractivity (Wildman–Crippen MR) is 120 cm³/mol. The van der Waals surface area contributed by atoms with Gasteiger partial charge in [-0.25, -0.2) is 8.42 Å². The van der Waals surface area contributed by atoms with Gasteiger partial charge in [-0.3, -0.25) is 9.10 Å². The van der Waals surface area contributed by atoms with Crippen molar-refractivity contribution in [1.82, 2.24) is 5.32 Å². The maximum Gasteiger partial charge on any atom is 0.264 e. The second-order valence-corrected chi connectivity index (χ2v) is 9.20. The van der Waals surface area contributed by atoms with Gasteiger partial charge in [0.05, 0.1) is 10.6 Å². The molecule has 0 saturated carbocycles. The largest absolute Gasteiger partial charge is 0.350 e. The molecule has 3 aromatic carbocycles. The van der Waals surface area contributed by atoms with E-state index in [2.05, 4.69) is 17.4 Å². The van der Waals surface area contributed by atoms with Crippen molar-refractivity contribution in [2.75, 3.05) is 11.4 Å². The molecule has 1 N–H and O–H groups in total. The van der Waals surface area contributed by atoms with Crippen molar-refractivity contribution < 1.29 is 13.2 Å². The zero-order chi connectivity index (χ0) is 21.6. The second kappa shape index (κ2) is 9.59. The lowest BCUT2D eigenvalue weighted by Gasteiger charge is -2.20. The fraction of sp³-hybridized carbons (Fsp3) is 0.208. The van der Waals surface area contributed by atoms with Crippen LogP contribution in [0.15, 0.2) is 89.8 Å². The topological polar surface area (TPSA) is 66.5 Å². The summed E-state index contributed by atoms with van der Waals surface area (Å²) in [6.07, 6.45) is 1.73. The predicted octanol–water partition coefficient (Wildman–Crippen LogP) is 4.26. The molecule has 0 aromatic heterocycles.